The molecule has 5 heteroatoms. The van der Waals surface area contributed by atoms with Gasteiger partial charge >= 0.3 is 6.18 Å². The van der Waals surface area contributed by atoms with Crippen LogP contribution in [0.15, 0.2) is 0 Å². The molecule has 1 fully saturated rings. The molecule has 2 nitrogen and oxygen atoms in total. The highest BCUT2D eigenvalue weighted by Gasteiger charge is 2.71. The van der Waals surface area contributed by atoms with Crippen molar-refractivity contribution in [2.75, 3.05) is 0 Å². The lowest BCUT2D eigenvalue weighted by atomic mass is 10.0. The summed E-state index contributed by atoms with van der Waals surface area (Å²) in [5, 5.41) is 6.80. The predicted octanol–water partition coefficient (Wildman–Crippen LogP) is 1.51. The van der Waals surface area contributed by atoms with Crippen LogP contribution in [0.25, 0.3) is 0 Å². The number of alkyl halides is 3. The van der Waals surface area contributed by atoms with Crippen LogP contribution < -0.4 is 5.73 Å². The van der Waals surface area contributed by atoms with E-state index in [4.69, 9.17) is 11.1 Å². The molecule has 11 heavy (non-hydrogen) atoms. The molecule has 1 aliphatic carbocycles. The average Bonchev–Trinajstić information content (AvgIpc) is 2.39. The van der Waals surface area contributed by atoms with Crippen LogP contribution in [0.5, 0.6) is 0 Å². The van der Waals surface area contributed by atoms with Gasteiger partial charge < -0.3 is 5.73 Å². The summed E-state index contributed by atoms with van der Waals surface area (Å²) in [4.78, 5) is 0. The van der Waals surface area contributed by atoms with Crippen molar-refractivity contribution in [1.82, 2.24) is 0 Å². The molecule has 1 rings (SSSR count). The summed E-state index contributed by atoms with van der Waals surface area (Å²) in [7, 11) is 0. The maximum atomic E-state index is 12.2. The van der Waals surface area contributed by atoms with Crippen LogP contribution in [-0.2, 0) is 0 Å². The van der Waals surface area contributed by atoms with E-state index in [2.05, 4.69) is 0 Å². The molecular weight excluding hydrogens is 157 g/mol. The molecule has 0 aromatic rings. The molecular formula is C6H9F3N2. The summed E-state index contributed by atoms with van der Waals surface area (Å²) in [6.45, 7) is 1.45. The number of nitrogens with one attached hydrogen (secondary N) is 1. The van der Waals surface area contributed by atoms with Crippen molar-refractivity contribution in [2.24, 2.45) is 17.1 Å². The molecule has 64 valence electrons. The highest BCUT2D eigenvalue weighted by Crippen LogP contribution is 2.61. The second-order valence-electron chi connectivity index (χ2n) is 2.99. The molecule has 2 unspecified atom stereocenters. The van der Waals surface area contributed by atoms with Gasteiger partial charge in [0.1, 0.15) is 11.3 Å². The van der Waals surface area contributed by atoms with Crippen LogP contribution in [0.4, 0.5) is 13.2 Å². The van der Waals surface area contributed by atoms with Crippen LogP contribution >= 0.6 is 0 Å². The van der Waals surface area contributed by atoms with Gasteiger partial charge in [-0.25, -0.2) is 0 Å². The predicted molar refractivity (Wildman–Crippen MR) is 34.2 cm³/mol. The van der Waals surface area contributed by atoms with Crippen molar-refractivity contribution >= 4 is 5.84 Å². The second kappa shape index (κ2) is 1.89. The quantitative estimate of drug-likeness (QED) is 0.450. The Labute approximate surface area is 62.1 Å². The smallest absolute Gasteiger partial charge is 0.387 e. The first-order chi connectivity index (χ1) is 4.82. The van der Waals surface area contributed by atoms with Gasteiger partial charge in [0.05, 0.1) is 0 Å². The lowest BCUT2D eigenvalue weighted by Crippen LogP contribution is -2.38. The van der Waals surface area contributed by atoms with E-state index in [-0.39, 0.29) is 6.42 Å². The maximum Gasteiger partial charge on any atom is 0.401 e. The lowest BCUT2D eigenvalue weighted by Gasteiger charge is -2.18. The molecule has 0 bridgehead atoms. The monoisotopic (exact) mass is 166 g/mol. The third-order valence-corrected chi connectivity index (χ3v) is 2.30. The highest BCUT2D eigenvalue weighted by atomic mass is 19.4. The van der Waals surface area contributed by atoms with Crippen molar-refractivity contribution in [1.29, 1.82) is 5.41 Å². The minimum atomic E-state index is -4.35. The van der Waals surface area contributed by atoms with Crippen molar-refractivity contribution in [2.45, 2.75) is 19.5 Å². The average molecular weight is 166 g/mol. The molecule has 0 amide bonds. The Morgan fingerprint density at radius 1 is 1.64 bits per heavy atom. The van der Waals surface area contributed by atoms with E-state index in [1.807, 2.05) is 0 Å². The molecule has 0 saturated heterocycles. The van der Waals surface area contributed by atoms with E-state index >= 15 is 0 Å². The molecule has 0 aromatic heterocycles. The van der Waals surface area contributed by atoms with Gasteiger partial charge in [0.25, 0.3) is 0 Å². The molecule has 2 atom stereocenters. The van der Waals surface area contributed by atoms with Gasteiger partial charge in [0.15, 0.2) is 0 Å². The van der Waals surface area contributed by atoms with Gasteiger partial charge in [-0.15, -0.1) is 0 Å². The first-order valence-corrected chi connectivity index (χ1v) is 3.23. The number of rotatable bonds is 1. The van der Waals surface area contributed by atoms with Crippen LogP contribution in [0.3, 0.4) is 0 Å². The Morgan fingerprint density at radius 2 is 2.00 bits per heavy atom. The fourth-order valence-corrected chi connectivity index (χ4v) is 1.35. The Kier molecular flexibility index (Phi) is 1.44. The Hall–Kier alpha value is -0.740. The molecule has 0 aliphatic heterocycles. The van der Waals surface area contributed by atoms with E-state index in [0.717, 1.165) is 0 Å². The van der Waals surface area contributed by atoms with Crippen molar-refractivity contribution in [3.05, 3.63) is 0 Å². The lowest BCUT2D eigenvalue weighted by molar-refractivity contribution is -0.169. The minimum Gasteiger partial charge on any atom is -0.387 e. The number of amidine groups is 1. The van der Waals surface area contributed by atoms with Gasteiger partial charge in [0, 0.05) is 0 Å². The van der Waals surface area contributed by atoms with Gasteiger partial charge in [-0.2, -0.15) is 13.2 Å². The minimum absolute atomic E-state index is 0.0359. The number of hydrogen-bond acceptors (Lipinski definition) is 1. The summed E-state index contributed by atoms with van der Waals surface area (Å²) in [6, 6.07) is 0. The third-order valence-electron chi connectivity index (χ3n) is 2.30. The van der Waals surface area contributed by atoms with Crippen LogP contribution in [-0.4, -0.2) is 12.0 Å². The Morgan fingerprint density at radius 3 is 2.00 bits per heavy atom. The summed E-state index contributed by atoms with van der Waals surface area (Å²) in [5.74, 6) is -1.28. The van der Waals surface area contributed by atoms with E-state index < -0.39 is 23.3 Å². The first kappa shape index (κ1) is 8.36. The zero-order valence-corrected chi connectivity index (χ0v) is 6.00. The van der Waals surface area contributed by atoms with Crippen molar-refractivity contribution in [3.63, 3.8) is 0 Å². The fraction of sp³-hybridized carbons (Fsp3) is 0.833. The zero-order chi connectivity index (χ0) is 8.86. The Balaban J connectivity index is 2.89. The largest absolute Gasteiger partial charge is 0.401 e. The van der Waals surface area contributed by atoms with Gasteiger partial charge in [0.2, 0.25) is 0 Å². The van der Waals surface area contributed by atoms with E-state index in [1.54, 1.807) is 0 Å². The summed E-state index contributed by atoms with van der Waals surface area (Å²) in [5.41, 5.74) is 2.88. The summed E-state index contributed by atoms with van der Waals surface area (Å²) < 4.78 is 36.5. The van der Waals surface area contributed by atoms with E-state index in [9.17, 15) is 13.2 Å². The fourth-order valence-electron chi connectivity index (χ4n) is 1.35. The number of hydrogen-bond donors (Lipinski definition) is 2. The maximum absolute atomic E-state index is 12.2. The van der Waals surface area contributed by atoms with Crippen LogP contribution in [0.1, 0.15) is 13.3 Å². The summed E-state index contributed by atoms with van der Waals surface area (Å²) in [6.07, 6.45) is -4.38. The highest BCUT2D eigenvalue weighted by molar-refractivity contribution is 5.87. The summed E-state index contributed by atoms with van der Waals surface area (Å²) >= 11 is 0. The molecule has 3 N–H and O–H groups in total. The second-order valence-corrected chi connectivity index (χ2v) is 2.99. The molecule has 1 aliphatic rings. The standard InChI is InChI=1S/C6H9F3N2/c1-3-2-5(3,4(10)11)6(7,8)9/h3H,2H2,1H3,(H3,10,11). The van der Waals surface area contributed by atoms with Crippen LogP contribution in [0, 0.1) is 16.7 Å². The molecule has 0 spiro atoms. The normalized spacial score (nSPS) is 36.9. The van der Waals surface area contributed by atoms with Crippen molar-refractivity contribution < 1.29 is 13.2 Å². The zero-order valence-electron chi connectivity index (χ0n) is 6.00. The van der Waals surface area contributed by atoms with E-state index in [1.165, 1.54) is 6.92 Å². The molecule has 0 radical (unpaired) electrons. The first-order valence-electron chi connectivity index (χ1n) is 3.23. The molecule has 1 saturated carbocycles. The molecule has 0 heterocycles. The van der Waals surface area contributed by atoms with E-state index in [0.29, 0.717) is 0 Å². The number of nitrogens with two attached hydrogens (primary N) is 1. The van der Waals surface area contributed by atoms with Crippen molar-refractivity contribution in [3.8, 4) is 0 Å². The van der Waals surface area contributed by atoms with Gasteiger partial charge in [-0.05, 0) is 12.3 Å². The molecule has 0 aromatic carbocycles. The number of halogens is 3. The van der Waals surface area contributed by atoms with Gasteiger partial charge in [-0.1, -0.05) is 6.92 Å². The van der Waals surface area contributed by atoms with Gasteiger partial charge in [-0.3, -0.25) is 5.41 Å². The SMILES string of the molecule is CC1CC1(C(=N)N)C(F)(F)F. The van der Waals surface area contributed by atoms with Crippen LogP contribution in [0.2, 0.25) is 0 Å². The third kappa shape index (κ3) is 0.902. The topological polar surface area (TPSA) is 49.9 Å². The Bertz CT molecular complexity index is 198.